The molecule has 6 nitrogen and oxygen atoms in total. The molecule has 0 aromatic heterocycles. The smallest absolute Gasteiger partial charge is 0.240 e. The van der Waals surface area contributed by atoms with E-state index in [1.165, 1.54) is 6.92 Å². The first kappa shape index (κ1) is 20.1. The van der Waals surface area contributed by atoms with E-state index in [4.69, 9.17) is 4.74 Å². The van der Waals surface area contributed by atoms with Crippen LogP contribution < -0.4 is 10.0 Å². The van der Waals surface area contributed by atoms with Crippen LogP contribution in [0.4, 0.5) is 5.69 Å². The summed E-state index contributed by atoms with van der Waals surface area (Å²) >= 11 is 0. The Balaban J connectivity index is 2.04. The molecule has 0 aliphatic carbocycles. The van der Waals surface area contributed by atoms with Gasteiger partial charge in [0.1, 0.15) is 0 Å². The molecule has 0 saturated carbocycles. The van der Waals surface area contributed by atoms with Gasteiger partial charge in [-0.1, -0.05) is 24.3 Å². The second-order valence-electron chi connectivity index (χ2n) is 6.10. The fourth-order valence-corrected chi connectivity index (χ4v) is 3.34. The molecule has 0 radical (unpaired) electrons. The largest absolute Gasteiger partial charge is 0.377 e. The summed E-state index contributed by atoms with van der Waals surface area (Å²) in [6, 6.07) is 14.0. The quantitative estimate of drug-likeness (QED) is 0.694. The summed E-state index contributed by atoms with van der Waals surface area (Å²) in [5, 5.41) is 2.71. The Bertz CT molecular complexity index is 829. The summed E-state index contributed by atoms with van der Waals surface area (Å²) in [5.74, 6) is -0.126. The number of carbonyl (C=O) groups excluding carboxylic acids is 1. The Morgan fingerprint density at radius 3 is 2.04 bits per heavy atom. The van der Waals surface area contributed by atoms with Crippen LogP contribution in [0.2, 0.25) is 0 Å². The molecule has 2 N–H and O–H groups in total. The summed E-state index contributed by atoms with van der Waals surface area (Å²) in [4.78, 5) is 11.3. The van der Waals surface area contributed by atoms with Crippen LogP contribution in [0.3, 0.4) is 0 Å². The maximum atomic E-state index is 12.3. The Hall–Kier alpha value is -2.22. The molecule has 0 atom stereocenters. The van der Waals surface area contributed by atoms with E-state index in [-0.39, 0.29) is 23.5 Å². The third-order valence-electron chi connectivity index (χ3n) is 3.55. The highest BCUT2D eigenvalue weighted by molar-refractivity contribution is 7.89. The number of hydrogen-bond donors (Lipinski definition) is 2. The Labute approximate surface area is 154 Å². The molecule has 7 heteroatoms. The fourth-order valence-electron chi connectivity index (χ4n) is 2.33. The van der Waals surface area contributed by atoms with Crippen molar-refractivity contribution in [3.63, 3.8) is 0 Å². The van der Waals surface area contributed by atoms with Gasteiger partial charge in [0.05, 0.1) is 17.6 Å². The third kappa shape index (κ3) is 5.94. The van der Waals surface area contributed by atoms with Crippen molar-refractivity contribution in [3.8, 4) is 11.1 Å². The Morgan fingerprint density at radius 1 is 1.00 bits per heavy atom. The highest BCUT2D eigenvalue weighted by Gasteiger charge is 2.13. The standard InChI is InChI=1S/C19H24N2O4S/c1-14(2)25-13-12-20-26(23,24)19-10-6-17(7-11-19)16-4-8-18(9-5-16)21-15(3)22/h4-11,14,20H,12-13H2,1-3H3,(H,21,22). The zero-order chi connectivity index (χ0) is 19.2. The lowest BCUT2D eigenvalue weighted by Gasteiger charge is -2.10. The van der Waals surface area contributed by atoms with Gasteiger partial charge in [-0.05, 0) is 49.2 Å². The van der Waals surface area contributed by atoms with Gasteiger partial charge in [-0.3, -0.25) is 4.79 Å². The number of sulfonamides is 1. The summed E-state index contributed by atoms with van der Waals surface area (Å²) in [7, 11) is -3.55. The first-order valence-corrected chi connectivity index (χ1v) is 9.85. The lowest BCUT2D eigenvalue weighted by atomic mass is 10.1. The van der Waals surface area contributed by atoms with Crippen LogP contribution in [0.5, 0.6) is 0 Å². The Kier molecular flexibility index (Phi) is 6.90. The van der Waals surface area contributed by atoms with Crippen LogP contribution in [-0.4, -0.2) is 33.6 Å². The molecule has 1 amide bonds. The van der Waals surface area contributed by atoms with Gasteiger partial charge in [0.25, 0.3) is 0 Å². The van der Waals surface area contributed by atoms with Gasteiger partial charge in [0, 0.05) is 19.2 Å². The number of nitrogens with one attached hydrogen (secondary N) is 2. The van der Waals surface area contributed by atoms with Gasteiger partial charge in [0.2, 0.25) is 15.9 Å². The van der Waals surface area contributed by atoms with Gasteiger partial charge < -0.3 is 10.1 Å². The van der Waals surface area contributed by atoms with Gasteiger partial charge in [-0.2, -0.15) is 0 Å². The SMILES string of the molecule is CC(=O)Nc1ccc(-c2ccc(S(=O)(=O)NCCOC(C)C)cc2)cc1. The van der Waals surface area contributed by atoms with Crippen LogP contribution in [0.1, 0.15) is 20.8 Å². The molecule has 0 heterocycles. The molecular formula is C19H24N2O4S. The molecule has 140 valence electrons. The van der Waals surface area contributed by atoms with Crippen molar-refractivity contribution < 1.29 is 17.9 Å². The molecule has 2 aromatic rings. The highest BCUT2D eigenvalue weighted by atomic mass is 32.2. The van der Waals surface area contributed by atoms with Gasteiger partial charge in [-0.25, -0.2) is 13.1 Å². The molecule has 26 heavy (non-hydrogen) atoms. The minimum absolute atomic E-state index is 0.0656. The highest BCUT2D eigenvalue weighted by Crippen LogP contribution is 2.23. The molecular weight excluding hydrogens is 352 g/mol. The average Bonchev–Trinajstić information content (AvgIpc) is 2.59. The lowest BCUT2D eigenvalue weighted by Crippen LogP contribution is -2.28. The molecule has 0 spiro atoms. The van der Waals surface area contributed by atoms with Crippen molar-refractivity contribution in [2.45, 2.75) is 31.8 Å². The predicted molar refractivity (Wildman–Crippen MR) is 102 cm³/mol. The Morgan fingerprint density at radius 2 is 1.54 bits per heavy atom. The maximum Gasteiger partial charge on any atom is 0.240 e. The average molecular weight is 376 g/mol. The summed E-state index contributed by atoms with van der Waals surface area (Å²) in [6.07, 6.45) is 0.0656. The molecule has 0 fully saturated rings. The second kappa shape index (κ2) is 8.93. The van der Waals surface area contributed by atoms with E-state index in [0.29, 0.717) is 12.3 Å². The first-order chi connectivity index (χ1) is 12.3. The van der Waals surface area contributed by atoms with Crippen molar-refractivity contribution in [1.29, 1.82) is 0 Å². The second-order valence-corrected chi connectivity index (χ2v) is 7.87. The van der Waals surface area contributed by atoms with Crippen molar-refractivity contribution in [2.75, 3.05) is 18.5 Å². The van der Waals surface area contributed by atoms with E-state index in [0.717, 1.165) is 11.1 Å². The summed E-state index contributed by atoms with van der Waals surface area (Å²) in [6.45, 7) is 5.81. The zero-order valence-corrected chi connectivity index (χ0v) is 16.0. The number of hydrogen-bond acceptors (Lipinski definition) is 4. The predicted octanol–water partition coefficient (Wildman–Crippen LogP) is 3.02. The van der Waals surface area contributed by atoms with Crippen LogP contribution >= 0.6 is 0 Å². The van der Waals surface area contributed by atoms with Crippen LogP contribution in [0.25, 0.3) is 11.1 Å². The molecule has 0 bridgehead atoms. The number of rotatable bonds is 8. The zero-order valence-electron chi connectivity index (χ0n) is 15.2. The van der Waals surface area contributed by atoms with Crippen molar-refractivity contribution in [1.82, 2.24) is 4.72 Å². The van der Waals surface area contributed by atoms with E-state index in [2.05, 4.69) is 10.0 Å². The van der Waals surface area contributed by atoms with Gasteiger partial charge in [0.15, 0.2) is 0 Å². The van der Waals surface area contributed by atoms with E-state index in [1.807, 2.05) is 26.0 Å². The molecule has 0 saturated heterocycles. The van der Waals surface area contributed by atoms with Crippen molar-refractivity contribution in [2.24, 2.45) is 0 Å². The minimum atomic E-state index is -3.55. The molecule has 0 aliphatic rings. The van der Waals surface area contributed by atoms with Gasteiger partial charge >= 0.3 is 0 Å². The number of amides is 1. The number of benzene rings is 2. The third-order valence-corrected chi connectivity index (χ3v) is 5.03. The minimum Gasteiger partial charge on any atom is -0.377 e. The molecule has 2 aromatic carbocycles. The van der Waals surface area contributed by atoms with Crippen LogP contribution in [0.15, 0.2) is 53.4 Å². The van der Waals surface area contributed by atoms with E-state index < -0.39 is 10.0 Å². The molecule has 0 unspecified atom stereocenters. The normalized spacial score (nSPS) is 11.5. The number of carbonyl (C=O) groups is 1. The van der Waals surface area contributed by atoms with Crippen LogP contribution in [-0.2, 0) is 19.6 Å². The maximum absolute atomic E-state index is 12.3. The monoisotopic (exact) mass is 376 g/mol. The molecule has 2 rings (SSSR count). The molecule has 0 aliphatic heterocycles. The van der Waals surface area contributed by atoms with Crippen LogP contribution in [0, 0.1) is 0 Å². The topological polar surface area (TPSA) is 84.5 Å². The van der Waals surface area contributed by atoms with Crippen molar-refractivity contribution >= 4 is 21.6 Å². The van der Waals surface area contributed by atoms with E-state index in [1.54, 1.807) is 36.4 Å². The summed E-state index contributed by atoms with van der Waals surface area (Å²) in [5.41, 5.74) is 2.54. The number of ether oxygens (including phenoxy) is 1. The fraction of sp³-hybridized carbons (Fsp3) is 0.316. The lowest BCUT2D eigenvalue weighted by molar-refractivity contribution is -0.114. The first-order valence-electron chi connectivity index (χ1n) is 8.37. The van der Waals surface area contributed by atoms with E-state index in [9.17, 15) is 13.2 Å². The van der Waals surface area contributed by atoms with Crippen molar-refractivity contribution in [3.05, 3.63) is 48.5 Å². The number of anilines is 1. The van der Waals surface area contributed by atoms with E-state index >= 15 is 0 Å². The van der Waals surface area contributed by atoms with Gasteiger partial charge in [-0.15, -0.1) is 0 Å². The summed E-state index contributed by atoms with van der Waals surface area (Å²) < 4.78 is 32.4.